The Kier molecular flexibility index (Phi) is 5.81. The maximum absolute atomic E-state index is 12.0. The fourth-order valence-corrected chi connectivity index (χ4v) is 2.90. The maximum Gasteiger partial charge on any atom is 0.311 e. The van der Waals surface area contributed by atoms with Gasteiger partial charge in [0.15, 0.2) is 0 Å². The van der Waals surface area contributed by atoms with Crippen molar-refractivity contribution < 1.29 is 14.3 Å². The Balaban J connectivity index is 2.60. The summed E-state index contributed by atoms with van der Waals surface area (Å²) >= 11 is 1.53. The number of hydrogen-bond acceptors (Lipinski definition) is 4. The molecule has 0 fully saturated rings. The number of benzene rings is 1. The topological polar surface area (TPSA) is 43.4 Å². The van der Waals surface area contributed by atoms with Crippen LogP contribution in [0.25, 0.3) is 0 Å². The van der Waals surface area contributed by atoms with E-state index in [9.17, 15) is 9.59 Å². The van der Waals surface area contributed by atoms with Crippen molar-refractivity contribution in [2.75, 3.05) is 12.9 Å². The molecule has 0 amide bonds. The van der Waals surface area contributed by atoms with Crippen LogP contribution in [0.4, 0.5) is 0 Å². The third-order valence-electron chi connectivity index (χ3n) is 3.11. The molecule has 4 heteroatoms. The second-order valence-corrected chi connectivity index (χ2v) is 6.67. The Labute approximate surface area is 125 Å². The summed E-state index contributed by atoms with van der Waals surface area (Å²) in [6.07, 6.45) is 0.206. The highest BCUT2D eigenvalue weighted by Gasteiger charge is 2.31. The van der Waals surface area contributed by atoms with Crippen molar-refractivity contribution in [1.82, 2.24) is 0 Å². The number of ether oxygens (including phenoxy) is 1. The molecule has 0 unspecified atom stereocenters. The van der Waals surface area contributed by atoms with Crippen LogP contribution in [0, 0.1) is 19.3 Å². The molecule has 0 saturated carbocycles. The quantitative estimate of drug-likeness (QED) is 0.594. The molecule has 20 heavy (non-hydrogen) atoms. The van der Waals surface area contributed by atoms with Gasteiger partial charge in [-0.3, -0.25) is 9.59 Å². The Morgan fingerprint density at radius 3 is 2.50 bits per heavy atom. The first-order valence-corrected chi connectivity index (χ1v) is 7.55. The Morgan fingerprint density at radius 1 is 1.25 bits per heavy atom. The SMILES string of the molecule is COC(=O)C(C)(C)CC(=O)CSc1cc(C)ccc1C. The van der Waals surface area contributed by atoms with Crippen LogP contribution in [0.1, 0.15) is 31.4 Å². The van der Waals surface area contributed by atoms with Gasteiger partial charge in [-0.2, -0.15) is 0 Å². The van der Waals surface area contributed by atoms with E-state index in [-0.39, 0.29) is 18.2 Å². The van der Waals surface area contributed by atoms with Gasteiger partial charge in [-0.05, 0) is 39.3 Å². The van der Waals surface area contributed by atoms with Gasteiger partial charge in [-0.15, -0.1) is 11.8 Å². The molecule has 0 N–H and O–H groups in total. The minimum atomic E-state index is -0.756. The molecule has 0 aliphatic rings. The Morgan fingerprint density at radius 2 is 1.90 bits per heavy atom. The average Bonchev–Trinajstić information content (AvgIpc) is 2.38. The fraction of sp³-hybridized carbons (Fsp3) is 0.500. The molecule has 0 radical (unpaired) electrons. The number of hydrogen-bond donors (Lipinski definition) is 0. The van der Waals surface area contributed by atoms with Crippen LogP contribution in [0.3, 0.4) is 0 Å². The van der Waals surface area contributed by atoms with Crippen molar-refractivity contribution in [2.24, 2.45) is 5.41 Å². The summed E-state index contributed by atoms with van der Waals surface area (Å²) in [5.74, 6) is 0.0962. The first kappa shape index (κ1) is 16.8. The van der Waals surface area contributed by atoms with E-state index >= 15 is 0 Å². The van der Waals surface area contributed by atoms with Crippen LogP contribution in [0.15, 0.2) is 23.1 Å². The predicted octanol–water partition coefficient (Wildman–Crippen LogP) is 3.55. The molecule has 0 bridgehead atoms. The molecule has 1 rings (SSSR count). The highest BCUT2D eigenvalue weighted by atomic mass is 32.2. The lowest BCUT2D eigenvalue weighted by molar-refractivity contribution is -0.152. The van der Waals surface area contributed by atoms with E-state index in [1.807, 2.05) is 13.8 Å². The first-order chi connectivity index (χ1) is 9.26. The van der Waals surface area contributed by atoms with Gasteiger partial charge in [0.2, 0.25) is 0 Å². The minimum absolute atomic E-state index is 0.0614. The summed E-state index contributed by atoms with van der Waals surface area (Å²) in [6, 6.07) is 6.20. The van der Waals surface area contributed by atoms with Crippen LogP contribution in [0.2, 0.25) is 0 Å². The summed E-state index contributed by atoms with van der Waals surface area (Å²) < 4.78 is 4.72. The molecule has 0 aromatic heterocycles. The van der Waals surface area contributed by atoms with Crippen LogP contribution < -0.4 is 0 Å². The third kappa shape index (κ3) is 4.67. The van der Waals surface area contributed by atoms with Gasteiger partial charge in [0.25, 0.3) is 0 Å². The van der Waals surface area contributed by atoms with Gasteiger partial charge in [0.05, 0.1) is 18.3 Å². The Hall–Kier alpha value is -1.29. The zero-order valence-corrected chi connectivity index (χ0v) is 13.6. The smallest absolute Gasteiger partial charge is 0.311 e. The largest absolute Gasteiger partial charge is 0.469 e. The zero-order chi connectivity index (χ0) is 15.3. The molecule has 0 aliphatic heterocycles. The lowest BCUT2D eigenvalue weighted by Gasteiger charge is -2.20. The standard InChI is InChI=1S/C16H22O3S/c1-11-6-7-12(2)14(8-11)20-10-13(17)9-16(3,4)15(18)19-5/h6-8H,9-10H2,1-5H3. The van der Waals surface area contributed by atoms with Crippen molar-refractivity contribution in [2.45, 2.75) is 39.0 Å². The zero-order valence-electron chi connectivity index (χ0n) is 12.8. The van der Waals surface area contributed by atoms with E-state index in [0.29, 0.717) is 5.75 Å². The molecular formula is C16H22O3S. The molecule has 0 atom stereocenters. The normalized spacial score (nSPS) is 11.2. The first-order valence-electron chi connectivity index (χ1n) is 6.56. The van der Waals surface area contributed by atoms with Gasteiger partial charge in [-0.25, -0.2) is 0 Å². The van der Waals surface area contributed by atoms with Crippen LogP contribution >= 0.6 is 11.8 Å². The van der Waals surface area contributed by atoms with Crippen molar-refractivity contribution >= 4 is 23.5 Å². The number of methoxy groups -OCH3 is 1. The molecule has 0 saturated heterocycles. The van der Waals surface area contributed by atoms with E-state index in [0.717, 1.165) is 4.90 Å². The molecule has 3 nitrogen and oxygen atoms in total. The minimum Gasteiger partial charge on any atom is -0.469 e. The van der Waals surface area contributed by atoms with Gasteiger partial charge < -0.3 is 4.74 Å². The number of esters is 1. The number of Topliss-reactive ketones (excluding diaryl/α,β-unsaturated/α-hetero) is 1. The molecule has 0 heterocycles. The van der Waals surface area contributed by atoms with Gasteiger partial charge >= 0.3 is 5.97 Å². The van der Waals surface area contributed by atoms with Gasteiger partial charge in [0.1, 0.15) is 5.78 Å². The van der Waals surface area contributed by atoms with Crippen LogP contribution in [-0.4, -0.2) is 24.6 Å². The van der Waals surface area contributed by atoms with E-state index in [1.54, 1.807) is 13.8 Å². The number of carbonyl (C=O) groups excluding carboxylic acids is 2. The molecule has 0 aliphatic carbocycles. The summed E-state index contributed by atoms with van der Waals surface area (Å²) in [6.45, 7) is 7.54. The van der Waals surface area contributed by atoms with Crippen LogP contribution in [0.5, 0.6) is 0 Å². The number of thioether (sulfide) groups is 1. The molecule has 1 aromatic carbocycles. The second kappa shape index (κ2) is 6.93. The summed E-state index contributed by atoms with van der Waals surface area (Å²) in [5, 5.41) is 0. The van der Waals surface area contributed by atoms with Gasteiger partial charge in [0, 0.05) is 11.3 Å². The number of aryl methyl sites for hydroxylation is 2. The van der Waals surface area contributed by atoms with Crippen molar-refractivity contribution in [1.29, 1.82) is 0 Å². The number of ketones is 1. The highest BCUT2D eigenvalue weighted by Crippen LogP contribution is 2.27. The monoisotopic (exact) mass is 294 g/mol. The molecule has 0 spiro atoms. The fourth-order valence-electron chi connectivity index (χ4n) is 1.91. The van der Waals surface area contributed by atoms with Crippen LogP contribution in [-0.2, 0) is 14.3 Å². The summed E-state index contributed by atoms with van der Waals surface area (Å²) in [7, 11) is 1.35. The summed E-state index contributed by atoms with van der Waals surface area (Å²) in [4.78, 5) is 24.7. The van der Waals surface area contributed by atoms with Crippen molar-refractivity contribution in [3.05, 3.63) is 29.3 Å². The highest BCUT2D eigenvalue weighted by molar-refractivity contribution is 8.00. The average molecular weight is 294 g/mol. The molecule has 110 valence electrons. The lowest BCUT2D eigenvalue weighted by Crippen LogP contribution is -2.29. The number of carbonyl (C=O) groups is 2. The molecule has 1 aromatic rings. The predicted molar refractivity (Wildman–Crippen MR) is 82.1 cm³/mol. The third-order valence-corrected chi connectivity index (χ3v) is 4.33. The molecular weight excluding hydrogens is 272 g/mol. The lowest BCUT2D eigenvalue weighted by atomic mass is 9.88. The second-order valence-electron chi connectivity index (χ2n) is 5.65. The van der Waals surface area contributed by atoms with Crippen molar-refractivity contribution in [3.8, 4) is 0 Å². The number of rotatable bonds is 6. The van der Waals surface area contributed by atoms with E-state index in [2.05, 4.69) is 18.2 Å². The van der Waals surface area contributed by atoms with Crippen molar-refractivity contribution in [3.63, 3.8) is 0 Å². The van der Waals surface area contributed by atoms with E-state index in [4.69, 9.17) is 4.74 Å². The Bertz CT molecular complexity index is 506. The maximum atomic E-state index is 12.0. The van der Waals surface area contributed by atoms with Gasteiger partial charge in [-0.1, -0.05) is 17.7 Å². The van der Waals surface area contributed by atoms with E-state index in [1.165, 1.54) is 30.0 Å². The van der Waals surface area contributed by atoms with E-state index < -0.39 is 5.41 Å². The summed E-state index contributed by atoms with van der Waals surface area (Å²) in [5.41, 5.74) is 1.59.